The smallest absolute Gasteiger partial charge is 0.415 e. The number of halogens is 1. The van der Waals surface area contributed by atoms with Gasteiger partial charge in [0.25, 0.3) is 0 Å². The molecule has 2 rings (SSSR count). The highest BCUT2D eigenvalue weighted by atomic mass is 35.5. The molecule has 2 aromatic carbocycles. The van der Waals surface area contributed by atoms with Crippen LogP contribution in [0.3, 0.4) is 0 Å². The first-order valence-corrected chi connectivity index (χ1v) is 6.44. The van der Waals surface area contributed by atoms with Crippen molar-refractivity contribution in [2.24, 2.45) is 0 Å². The Morgan fingerprint density at radius 2 is 1.58 bits per heavy atom. The molecular formula is C15H14ClNO2. The Bertz CT molecular complexity index is 516. The number of benzene rings is 2. The molecule has 0 fully saturated rings. The molecule has 19 heavy (non-hydrogen) atoms. The van der Waals surface area contributed by atoms with E-state index in [0.717, 1.165) is 11.3 Å². The largest absolute Gasteiger partial charge is 0.444 e. The molecule has 1 amide bonds. The zero-order valence-corrected chi connectivity index (χ0v) is 11.1. The third-order valence-electron chi connectivity index (χ3n) is 2.61. The summed E-state index contributed by atoms with van der Waals surface area (Å²) < 4.78 is 5.24. The summed E-state index contributed by atoms with van der Waals surface area (Å²) in [5, 5.41) is 0. The van der Waals surface area contributed by atoms with Crippen molar-refractivity contribution in [1.82, 2.24) is 0 Å². The molecule has 0 spiro atoms. The fourth-order valence-corrected chi connectivity index (χ4v) is 1.86. The number of alkyl halides is 1. The second-order valence-electron chi connectivity index (χ2n) is 3.92. The molecular weight excluding hydrogens is 262 g/mol. The van der Waals surface area contributed by atoms with Crippen LogP contribution in [0.2, 0.25) is 0 Å². The summed E-state index contributed by atoms with van der Waals surface area (Å²) >= 11 is 5.80. The SMILES string of the molecule is O=C(OCc1ccccc1)N(CCl)c1ccccc1. The average Bonchev–Trinajstić information content (AvgIpc) is 2.48. The number of ether oxygens (including phenoxy) is 1. The topological polar surface area (TPSA) is 29.5 Å². The molecule has 0 aliphatic rings. The van der Waals surface area contributed by atoms with Crippen molar-refractivity contribution in [2.75, 3.05) is 10.9 Å². The van der Waals surface area contributed by atoms with Crippen LogP contribution in [0.1, 0.15) is 5.56 Å². The number of hydrogen-bond donors (Lipinski definition) is 0. The molecule has 0 saturated heterocycles. The van der Waals surface area contributed by atoms with Crippen LogP contribution in [0.4, 0.5) is 10.5 Å². The van der Waals surface area contributed by atoms with Gasteiger partial charge in [0.05, 0.1) is 0 Å². The predicted octanol–water partition coefficient (Wildman–Crippen LogP) is 4.03. The maximum Gasteiger partial charge on any atom is 0.415 e. The first-order chi connectivity index (χ1) is 9.31. The molecule has 3 nitrogen and oxygen atoms in total. The number of para-hydroxylation sites is 1. The van der Waals surface area contributed by atoms with Crippen LogP contribution >= 0.6 is 11.6 Å². The lowest BCUT2D eigenvalue weighted by atomic mass is 10.2. The van der Waals surface area contributed by atoms with Crippen LogP contribution in [0, 0.1) is 0 Å². The van der Waals surface area contributed by atoms with Crippen molar-refractivity contribution < 1.29 is 9.53 Å². The quantitative estimate of drug-likeness (QED) is 0.623. The summed E-state index contributed by atoms with van der Waals surface area (Å²) in [5.74, 6) is 0. The lowest BCUT2D eigenvalue weighted by molar-refractivity contribution is 0.148. The van der Waals surface area contributed by atoms with E-state index in [2.05, 4.69) is 0 Å². The average molecular weight is 276 g/mol. The van der Waals surface area contributed by atoms with Crippen molar-refractivity contribution in [1.29, 1.82) is 0 Å². The normalized spacial score (nSPS) is 9.95. The van der Waals surface area contributed by atoms with Gasteiger partial charge in [-0.2, -0.15) is 0 Å². The second-order valence-corrected chi connectivity index (χ2v) is 4.16. The monoisotopic (exact) mass is 275 g/mol. The van der Waals surface area contributed by atoms with E-state index < -0.39 is 6.09 Å². The van der Waals surface area contributed by atoms with Gasteiger partial charge >= 0.3 is 6.09 Å². The number of nitrogens with zero attached hydrogens (tertiary/aromatic N) is 1. The molecule has 0 unspecified atom stereocenters. The Hall–Kier alpha value is -2.00. The van der Waals surface area contributed by atoms with Gasteiger partial charge in [-0.05, 0) is 17.7 Å². The van der Waals surface area contributed by atoms with E-state index >= 15 is 0 Å². The van der Waals surface area contributed by atoms with Gasteiger partial charge in [-0.3, -0.25) is 4.90 Å². The molecule has 0 atom stereocenters. The summed E-state index contributed by atoms with van der Waals surface area (Å²) in [6.45, 7) is 0.236. The number of carbonyl (C=O) groups is 1. The van der Waals surface area contributed by atoms with Gasteiger partial charge in [-0.15, -0.1) is 11.6 Å². The van der Waals surface area contributed by atoms with Crippen LogP contribution in [-0.2, 0) is 11.3 Å². The maximum atomic E-state index is 12.0. The van der Waals surface area contributed by atoms with Crippen molar-refractivity contribution in [2.45, 2.75) is 6.61 Å². The second kappa shape index (κ2) is 6.81. The minimum Gasteiger partial charge on any atom is -0.444 e. The zero-order chi connectivity index (χ0) is 13.5. The summed E-state index contributed by atoms with van der Waals surface area (Å²) in [6, 6.07) is 18.8. The molecule has 0 aliphatic heterocycles. The minimum atomic E-state index is -0.454. The Morgan fingerprint density at radius 1 is 1.00 bits per heavy atom. The van der Waals surface area contributed by atoms with Crippen LogP contribution in [0.15, 0.2) is 60.7 Å². The fourth-order valence-electron chi connectivity index (χ4n) is 1.63. The molecule has 0 aromatic heterocycles. The maximum absolute atomic E-state index is 12.0. The van der Waals surface area contributed by atoms with E-state index in [-0.39, 0.29) is 12.6 Å². The summed E-state index contributed by atoms with van der Waals surface area (Å²) in [6.07, 6.45) is -0.454. The number of rotatable bonds is 4. The standard InChI is InChI=1S/C15H14ClNO2/c16-12-17(14-9-5-2-6-10-14)15(18)19-11-13-7-3-1-4-8-13/h1-10H,11-12H2. The van der Waals surface area contributed by atoms with Crippen molar-refractivity contribution >= 4 is 23.4 Å². The van der Waals surface area contributed by atoms with Crippen LogP contribution in [0.25, 0.3) is 0 Å². The van der Waals surface area contributed by atoms with Crippen molar-refractivity contribution in [3.63, 3.8) is 0 Å². The highest BCUT2D eigenvalue weighted by Crippen LogP contribution is 2.15. The highest BCUT2D eigenvalue weighted by molar-refractivity contribution is 6.21. The van der Waals surface area contributed by atoms with E-state index in [1.165, 1.54) is 4.90 Å². The first-order valence-electron chi connectivity index (χ1n) is 5.90. The zero-order valence-electron chi connectivity index (χ0n) is 10.3. The van der Waals surface area contributed by atoms with Crippen LogP contribution in [-0.4, -0.2) is 12.1 Å². The molecule has 0 N–H and O–H groups in total. The van der Waals surface area contributed by atoms with Crippen LogP contribution in [0.5, 0.6) is 0 Å². The first kappa shape index (κ1) is 13.4. The molecule has 98 valence electrons. The van der Waals surface area contributed by atoms with E-state index in [4.69, 9.17) is 16.3 Å². The van der Waals surface area contributed by atoms with Gasteiger partial charge < -0.3 is 4.74 Å². The van der Waals surface area contributed by atoms with Gasteiger partial charge in [0.2, 0.25) is 0 Å². The van der Waals surface area contributed by atoms with E-state index in [1.807, 2.05) is 60.7 Å². The minimum absolute atomic E-state index is 0.0532. The van der Waals surface area contributed by atoms with Gasteiger partial charge in [0, 0.05) is 5.69 Å². The fraction of sp³-hybridized carbons (Fsp3) is 0.133. The van der Waals surface area contributed by atoms with Gasteiger partial charge in [-0.25, -0.2) is 4.79 Å². The van der Waals surface area contributed by atoms with Crippen LogP contribution < -0.4 is 4.90 Å². The molecule has 0 heterocycles. The highest BCUT2D eigenvalue weighted by Gasteiger charge is 2.15. The van der Waals surface area contributed by atoms with Crippen molar-refractivity contribution in [3.8, 4) is 0 Å². The molecule has 0 radical (unpaired) electrons. The lowest BCUT2D eigenvalue weighted by Gasteiger charge is -2.19. The number of amides is 1. The van der Waals surface area contributed by atoms with E-state index in [9.17, 15) is 4.79 Å². The predicted molar refractivity (Wildman–Crippen MR) is 76.3 cm³/mol. The Kier molecular flexibility index (Phi) is 4.81. The van der Waals surface area contributed by atoms with Gasteiger partial charge in [0.1, 0.15) is 12.6 Å². The lowest BCUT2D eigenvalue weighted by Crippen LogP contribution is -2.30. The summed E-state index contributed by atoms with van der Waals surface area (Å²) in [4.78, 5) is 13.3. The number of carbonyl (C=O) groups excluding carboxylic acids is 1. The Balaban J connectivity index is 1.98. The number of anilines is 1. The molecule has 0 bridgehead atoms. The van der Waals surface area contributed by atoms with Gasteiger partial charge in [-0.1, -0.05) is 48.5 Å². The Labute approximate surface area is 117 Å². The van der Waals surface area contributed by atoms with E-state index in [0.29, 0.717) is 0 Å². The summed E-state index contributed by atoms with van der Waals surface area (Å²) in [5.41, 5.74) is 1.66. The third kappa shape index (κ3) is 3.73. The molecule has 0 aliphatic carbocycles. The number of hydrogen-bond acceptors (Lipinski definition) is 2. The molecule has 0 saturated carbocycles. The van der Waals surface area contributed by atoms with Gasteiger partial charge in [0.15, 0.2) is 0 Å². The molecule has 4 heteroatoms. The van der Waals surface area contributed by atoms with Crippen molar-refractivity contribution in [3.05, 3.63) is 66.2 Å². The molecule has 2 aromatic rings. The van der Waals surface area contributed by atoms with E-state index in [1.54, 1.807) is 0 Å². The third-order valence-corrected chi connectivity index (χ3v) is 2.85. The Morgan fingerprint density at radius 3 is 2.16 bits per heavy atom. The summed E-state index contributed by atoms with van der Waals surface area (Å²) in [7, 11) is 0.